The van der Waals surface area contributed by atoms with Gasteiger partial charge in [-0.1, -0.05) is 12.1 Å². The van der Waals surface area contributed by atoms with Gasteiger partial charge in [0.25, 0.3) is 0 Å². The number of aryl methyl sites for hydroxylation is 1. The van der Waals surface area contributed by atoms with Crippen LogP contribution in [0.2, 0.25) is 0 Å². The Hall–Kier alpha value is -1.94. The largest absolute Gasteiger partial charge is 0.497 e. The lowest BCUT2D eigenvalue weighted by Gasteiger charge is -2.11. The number of methoxy groups -OCH3 is 1. The molecule has 1 atom stereocenters. The molecule has 4 nitrogen and oxygen atoms in total. The Balaban J connectivity index is 1.80. The molecular weight excluding hydrogens is 262 g/mol. The van der Waals surface area contributed by atoms with Crippen LogP contribution in [0.5, 0.6) is 5.75 Å². The lowest BCUT2D eigenvalue weighted by atomic mass is 10.0. The Kier molecular flexibility index (Phi) is 4.15. The van der Waals surface area contributed by atoms with Crippen LogP contribution in [0.1, 0.15) is 35.1 Å². The maximum atomic E-state index is 5.19. The molecule has 0 saturated carbocycles. The summed E-state index contributed by atoms with van der Waals surface area (Å²) in [5.41, 5.74) is 3.51. The van der Waals surface area contributed by atoms with Crippen LogP contribution in [0.4, 0.5) is 0 Å². The van der Waals surface area contributed by atoms with Gasteiger partial charge in [0.1, 0.15) is 11.6 Å². The van der Waals surface area contributed by atoms with Gasteiger partial charge < -0.3 is 10.1 Å². The van der Waals surface area contributed by atoms with Crippen molar-refractivity contribution in [1.29, 1.82) is 0 Å². The van der Waals surface area contributed by atoms with E-state index in [2.05, 4.69) is 33.5 Å². The predicted molar refractivity (Wildman–Crippen MR) is 82.8 cm³/mol. The minimum Gasteiger partial charge on any atom is -0.497 e. The summed E-state index contributed by atoms with van der Waals surface area (Å²) < 4.78 is 5.19. The molecule has 1 aliphatic heterocycles. The average molecular weight is 283 g/mol. The van der Waals surface area contributed by atoms with Gasteiger partial charge in [0, 0.05) is 30.3 Å². The molecule has 0 radical (unpaired) electrons. The summed E-state index contributed by atoms with van der Waals surface area (Å²) in [6, 6.07) is 10.3. The minimum atomic E-state index is 0.529. The van der Waals surface area contributed by atoms with Crippen LogP contribution in [0.25, 0.3) is 0 Å². The highest BCUT2D eigenvalue weighted by Gasteiger charge is 2.19. The Bertz CT molecular complexity index is 604. The summed E-state index contributed by atoms with van der Waals surface area (Å²) in [6.45, 7) is 4.09. The van der Waals surface area contributed by atoms with E-state index in [1.165, 1.54) is 17.7 Å². The van der Waals surface area contributed by atoms with E-state index in [1.807, 2.05) is 19.1 Å². The minimum absolute atomic E-state index is 0.529. The fraction of sp³-hybridized carbons (Fsp3) is 0.412. The van der Waals surface area contributed by atoms with Gasteiger partial charge in [-0.05, 0) is 43.7 Å². The number of hydrogen-bond donors (Lipinski definition) is 1. The Morgan fingerprint density at radius 1 is 1.24 bits per heavy atom. The van der Waals surface area contributed by atoms with Crippen molar-refractivity contribution in [2.24, 2.45) is 0 Å². The van der Waals surface area contributed by atoms with E-state index < -0.39 is 0 Å². The zero-order valence-corrected chi connectivity index (χ0v) is 12.6. The lowest BCUT2D eigenvalue weighted by Crippen LogP contribution is -2.10. The van der Waals surface area contributed by atoms with Crippen LogP contribution in [-0.2, 0) is 6.42 Å². The highest BCUT2D eigenvalue weighted by atomic mass is 16.5. The van der Waals surface area contributed by atoms with Crippen LogP contribution in [0, 0.1) is 6.92 Å². The van der Waals surface area contributed by atoms with E-state index in [4.69, 9.17) is 4.74 Å². The molecule has 1 aromatic carbocycles. The average Bonchev–Trinajstić information content (AvgIpc) is 3.02. The number of hydrogen-bond acceptors (Lipinski definition) is 4. The molecule has 3 rings (SSSR count). The van der Waals surface area contributed by atoms with E-state index >= 15 is 0 Å². The third-order valence-electron chi connectivity index (χ3n) is 3.93. The zero-order chi connectivity index (χ0) is 14.7. The molecule has 1 N–H and O–H groups in total. The van der Waals surface area contributed by atoms with Crippen molar-refractivity contribution in [2.75, 3.05) is 20.2 Å². The molecule has 0 bridgehead atoms. The molecule has 1 saturated heterocycles. The summed E-state index contributed by atoms with van der Waals surface area (Å²) in [5, 5.41) is 3.40. The monoisotopic (exact) mass is 283 g/mol. The van der Waals surface area contributed by atoms with Crippen LogP contribution in [0.3, 0.4) is 0 Å². The normalized spacial score (nSPS) is 17.9. The van der Waals surface area contributed by atoms with E-state index in [1.54, 1.807) is 7.11 Å². The van der Waals surface area contributed by atoms with Gasteiger partial charge in [-0.15, -0.1) is 0 Å². The van der Waals surface area contributed by atoms with Crippen LogP contribution in [0.15, 0.2) is 30.3 Å². The van der Waals surface area contributed by atoms with Gasteiger partial charge in [0.2, 0.25) is 0 Å². The third kappa shape index (κ3) is 3.39. The molecule has 4 heteroatoms. The summed E-state index contributed by atoms with van der Waals surface area (Å²) in [6.07, 6.45) is 2.00. The Morgan fingerprint density at radius 2 is 2.05 bits per heavy atom. The number of nitrogens with one attached hydrogen (secondary N) is 1. The highest BCUT2D eigenvalue weighted by molar-refractivity contribution is 5.30. The van der Waals surface area contributed by atoms with Gasteiger partial charge in [-0.3, -0.25) is 0 Å². The summed E-state index contributed by atoms with van der Waals surface area (Å²) in [4.78, 5) is 9.19. The number of rotatable bonds is 4. The molecule has 2 aromatic rings. The number of nitrogens with zero attached hydrogens (tertiary/aromatic N) is 2. The maximum absolute atomic E-state index is 5.19. The second kappa shape index (κ2) is 6.22. The fourth-order valence-electron chi connectivity index (χ4n) is 2.81. The highest BCUT2D eigenvalue weighted by Crippen LogP contribution is 2.22. The molecule has 1 fully saturated rings. The lowest BCUT2D eigenvalue weighted by molar-refractivity contribution is 0.414. The molecule has 0 spiro atoms. The first kappa shape index (κ1) is 14.0. The smallest absolute Gasteiger partial charge is 0.125 e. The summed E-state index contributed by atoms with van der Waals surface area (Å²) >= 11 is 0. The standard InChI is InChI=1S/C17H21N3O/c1-12-19-15(9-13-3-5-16(21-2)6-4-13)10-17(20-12)14-7-8-18-11-14/h3-6,10,14,18H,7-9,11H2,1-2H3/t14-/m1/s1. The molecule has 0 amide bonds. The molecule has 1 aromatic heterocycles. The van der Waals surface area contributed by atoms with Gasteiger partial charge in [0.05, 0.1) is 7.11 Å². The first-order valence-corrected chi connectivity index (χ1v) is 7.42. The van der Waals surface area contributed by atoms with E-state index in [-0.39, 0.29) is 0 Å². The first-order valence-electron chi connectivity index (χ1n) is 7.42. The quantitative estimate of drug-likeness (QED) is 0.936. The number of ether oxygens (including phenoxy) is 1. The topological polar surface area (TPSA) is 47.0 Å². The van der Waals surface area contributed by atoms with Crippen molar-refractivity contribution >= 4 is 0 Å². The van der Waals surface area contributed by atoms with Gasteiger partial charge >= 0.3 is 0 Å². The first-order chi connectivity index (χ1) is 10.2. The molecule has 1 aliphatic rings. The van der Waals surface area contributed by atoms with Crippen LogP contribution in [-0.4, -0.2) is 30.2 Å². The Morgan fingerprint density at radius 3 is 2.71 bits per heavy atom. The van der Waals surface area contributed by atoms with Crippen molar-refractivity contribution in [3.8, 4) is 5.75 Å². The molecule has 0 unspecified atom stereocenters. The summed E-state index contributed by atoms with van der Waals surface area (Å²) in [5.74, 6) is 2.28. The van der Waals surface area contributed by atoms with Crippen molar-refractivity contribution in [3.05, 3.63) is 53.1 Å². The predicted octanol–water partition coefficient (Wildman–Crippen LogP) is 2.46. The van der Waals surface area contributed by atoms with Crippen molar-refractivity contribution < 1.29 is 4.74 Å². The zero-order valence-electron chi connectivity index (χ0n) is 12.6. The third-order valence-corrected chi connectivity index (χ3v) is 3.93. The number of aromatic nitrogens is 2. The molecule has 2 heterocycles. The van der Waals surface area contributed by atoms with Crippen molar-refractivity contribution in [2.45, 2.75) is 25.7 Å². The Labute approximate surface area is 125 Å². The van der Waals surface area contributed by atoms with E-state index in [0.717, 1.165) is 36.8 Å². The fourth-order valence-corrected chi connectivity index (χ4v) is 2.81. The second-order valence-electron chi connectivity index (χ2n) is 5.55. The van der Waals surface area contributed by atoms with Crippen molar-refractivity contribution in [3.63, 3.8) is 0 Å². The second-order valence-corrected chi connectivity index (χ2v) is 5.55. The number of benzene rings is 1. The van der Waals surface area contributed by atoms with Crippen molar-refractivity contribution in [1.82, 2.24) is 15.3 Å². The van der Waals surface area contributed by atoms with Crippen LogP contribution >= 0.6 is 0 Å². The van der Waals surface area contributed by atoms with E-state index in [0.29, 0.717) is 5.92 Å². The van der Waals surface area contributed by atoms with Gasteiger partial charge in [-0.2, -0.15) is 0 Å². The molecule has 110 valence electrons. The maximum Gasteiger partial charge on any atom is 0.125 e. The SMILES string of the molecule is COc1ccc(Cc2cc([C@@H]3CCNC3)nc(C)n2)cc1. The molecule has 0 aliphatic carbocycles. The molecular formula is C17H21N3O. The molecule has 21 heavy (non-hydrogen) atoms. The van der Waals surface area contributed by atoms with Gasteiger partial charge in [-0.25, -0.2) is 9.97 Å². The van der Waals surface area contributed by atoms with Gasteiger partial charge in [0.15, 0.2) is 0 Å². The van der Waals surface area contributed by atoms with E-state index in [9.17, 15) is 0 Å². The summed E-state index contributed by atoms with van der Waals surface area (Å²) in [7, 11) is 1.69. The van der Waals surface area contributed by atoms with Crippen LogP contribution < -0.4 is 10.1 Å².